The predicted octanol–water partition coefficient (Wildman–Crippen LogP) is 4.26. The second kappa shape index (κ2) is 12.3. The highest BCUT2D eigenvalue weighted by molar-refractivity contribution is 5.84. The lowest BCUT2D eigenvalue weighted by Crippen LogP contribution is -2.23. The Morgan fingerprint density at radius 1 is 1.15 bits per heavy atom. The lowest BCUT2D eigenvalue weighted by molar-refractivity contribution is -0.137. The van der Waals surface area contributed by atoms with Gasteiger partial charge in [0.05, 0.1) is 11.7 Å². The summed E-state index contributed by atoms with van der Waals surface area (Å²) in [5, 5.41) is 29.4. The molecule has 0 radical (unpaired) electrons. The molecule has 0 heterocycles. The number of hydrogen-bond acceptors (Lipinski definition) is 4. The highest BCUT2D eigenvalue weighted by Gasteiger charge is 2.39. The molecule has 1 saturated carbocycles. The molecule has 0 bridgehead atoms. The molecule has 1 aliphatic rings. The molecule has 0 amide bonds. The van der Waals surface area contributed by atoms with Crippen LogP contribution in [-0.2, 0) is 9.59 Å². The number of hydrogen-bond donors (Lipinski definition) is 3. The van der Waals surface area contributed by atoms with E-state index in [9.17, 15) is 19.8 Å². The minimum absolute atomic E-state index is 0.102. The van der Waals surface area contributed by atoms with Crippen LogP contribution in [0.2, 0.25) is 0 Å². The Hall–Kier alpha value is -1.20. The van der Waals surface area contributed by atoms with Gasteiger partial charge in [-0.05, 0) is 26.2 Å². The van der Waals surface area contributed by atoms with Gasteiger partial charge in [-0.3, -0.25) is 9.59 Å². The molecule has 0 aliphatic heterocycles. The van der Waals surface area contributed by atoms with Gasteiger partial charge in [0.2, 0.25) is 0 Å². The summed E-state index contributed by atoms with van der Waals surface area (Å²) in [5.41, 5.74) is -0.902. The van der Waals surface area contributed by atoms with Crippen LogP contribution in [0.5, 0.6) is 0 Å². The molecule has 5 nitrogen and oxygen atoms in total. The molecule has 1 aliphatic carbocycles. The Kier molecular flexibility index (Phi) is 10.9. The van der Waals surface area contributed by atoms with Crippen LogP contribution in [0, 0.1) is 11.8 Å². The van der Waals surface area contributed by atoms with Crippen molar-refractivity contribution in [3.05, 3.63) is 12.2 Å². The average Bonchev–Trinajstić information content (AvgIpc) is 2.86. The number of aliphatic hydroxyl groups excluding tert-OH is 1. The molecule has 0 saturated heterocycles. The fourth-order valence-corrected chi connectivity index (χ4v) is 3.90. The van der Waals surface area contributed by atoms with Crippen molar-refractivity contribution in [3.63, 3.8) is 0 Å². The minimum Gasteiger partial charge on any atom is -0.481 e. The van der Waals surface area contributed by atoms with Gasteiger partial charge in [-0.25, -0.2) is 0 Å². The van der Waals surface area contributed by atoms with E-state index < -0.39 is 17.7 Å². The molecule has 1 rings (SSSR count). The summed E-state index contributed by atoms with van der Waals surface area (Å²) in [4.78, 5) is 22.8. The number of aliphatic hydroxyl groups is 2. The number of carboxylic acids is 1. The van der Waals surface area contributed by atoms with Gasteiger partial charge >= 0.3 is 5.97 Å². The second-order valence-corrected chi connectivity index (χ2v) is 8.30. The summed E-state index contributed by atoms with van der Waals surface area (Å²) in [6.07, 6.45) is 12.4. The highest BCUT2D eigenvalue weighted by atomic mass is 16.4. The third kappa shape index (κ3) is 9.52. The van der Waals surface area contributed by atoms with E-state index in [-0.39, 0.29) is 30.5 Å². The maximum absolute atomic E-state index is 12.2. The van der Waals surface area contributed by atoms with Crippen molar-refractivity contribution >= 4 is 11.8 Å². The summed E-state index contributed by atoms with van der Waals surface area (Å²) in [7, 11) is 0. The van der Waals surface area contributed by atoms with E-state index in [2.05, 4.69) is 6.92 Å². The van der Waals surface area contributed by atoms with Crippen LogP contribution in [-0.4, -0.2) is 38.8 Å². The second-order valence-electron chi connectivity index (χ2n) is 8.30. The van der Waals surface area contributed by atoms with Crippen molar-refractivity contribution in [2.75, 3.05) is 0 Å². The number of unbranched alkanes of at least 4 members (excludes halogenated alkanes) is 6. The van der Waals surface area contributed by atoms with Crippen LogP contribution in [0.4, 0.5) is 0 Å². The van der Waals surface area contributed by atoms with E-state index in [0.29, 0.717) is 12.8 Å². The standard InChI is InChI=1S/C22H38O5/c1-3-4-5-10-14-22(2,27)15-13-18-17(19(23)16-20(18)24)11-8-6-7-9-12-21(25)26/h13,15,17-18,20,24,27H,3-12,14,16H2,1-2H3,(H,25,26)/t17-,18-,20+,22?/m1/s1. The number of carbonyl (C=O) groups is 2. The zero-order valence-electron chi connectivity index (χ0n) is 17.0. The summed E-state index contributed by atoms with van der Waals surface area (Å²) in [6.45, 7) is 3.94. The van der Waals surface area contributed by atoms with Gasteiger partial charge in [-0.1, -0.05) is 64.0 Å². The van der Waals surface area contributed by atoms with Gasteiger partial charge in [-0.2, -0.15) is 0 Å². The van der Waals surface area contributed by atoms with E-state index in [1.807, 2.05) is 6.08 Å². The third-order valence-corrected chi connectivity index (χ3v) is 5.60. The minimum atomic E-state index is -0.902. The molecule has 3 N–H and O–H groups in total. The number of ketones is 1. The maximum atomic E-state index is 12.2. The van der Waals surface area contributed by atoms with Crippen molar-refractivity contribution in [2.45, 2.75) is 103 Å². The van der Waals surface area contributed by atoms with Crippen LogP contribution in [0.1, 0.15) is 90.9 Å². The highest BCUT2D eigenvalue weighted by Crippen LogP contribution is 2.35. The first-order valence-corrected chi connectivity index (χ1v) is 10.6. The quantitative estimate of drug-likeness (QED) is 0.308. The summed E-state index contributed by atoms with van der Waals surface area (Å²) in [5.74, 6) is -1.08. The Balaban J connectivity index is 2.47. The van der Waals surface area contributed by atoms with E-state index >= 15 is 0 Å². The molecular formula is C22H38O5. The van der Waals surface area contributed by atoms with Gasteiger partial charge in [0.25, 0.3) is 0 Å². The number of carboxylic acid groups (broad SMARTS) is 1. The summed E-state index contributed by atoms with van der Waals surface area (Å²) in [6, 6.07) is 0. The molecule has 5 heteroatoms. The Morgan fingerprint density at radius 2 is 1.81 bits per heavy atom. The fraction of sp³-hybridized carbons (Fsp3) is 0.818. The average molecular weight is 383 g/mol. The molecule has 0 aromatic heterocycles. The van der Waals surface area contributed by atoms with E-state index in [1.54, 1.807) is 13.0 Å². The molecule has 0 spiro atoms. The molecule has 4 atom stereocenters. The van der Waals surface area contributed by atoms with E-state index in [1.165, 1.54) is 6.42 Å². The largest absolute Gasteiger partial charge is 0.481 e. The Morgan fingerprint density at radius 3 is 2.48 bits per heavy atom. The number of Topliss-reactive ketones (excluding diaryl/α,β-unsaturated/α-hetero) is 1. The number of aliphatic carboxylic acids is 1. The van der Waals surface area contributed by atoms with Crippen LogP contribution in [0.3, 0.4) is 0 Å². The predicted molar refractivity (Wildman–Crippen MR) is 106 cm³/mol. The normalized spacial score (nSPS) is 25.2. The van der Waals surface area contributed by atoms with Crippen molar-refractivity contribution < 1.29 is 24.9 Å². The fourth-order valence-electron chi connectivity index (χ4n) is 3.90. The molecular weight excluding hydrogens is 344 g/mol. The Bertz CT molecular complexity index is 483. The zero-order valence-corrected chi connectivity index (χ0v) is 17.0. The number of carbonyl (C=O) groups excluding carboxylic acids is 1. The SMILES string of the molecule is CCCCCCC(C)(O)C=C[C@H]1[C@@H](O)CC(=O)[C@@H]1CCCCCCC(=O)O. The van der Waals surface area contributed by atoms with Gasteiger partial charge in [-0.15, -0.1) is 0 Å². The first kappa shape index (κ1) is 23.8. The van der Waals surface area contributed by atoms with Gasteiger partial charge < -0.3 is 15.3 Å². The Labute approximate surface area is 163 Å². The topological polar surface area (TPSA) is 94.8 Å². The number of rotatable bonds is 14. The van der Waals surface area contributed by atoms with Crippen molar-refractivity contribution in [3.8, 4) is 0 Å². The molecule has 27 heavy (non-hydrogen) atoms. The lowest BCUT2D eigenvalue weighted by Gasteiger charge is -2.22. The zero-order chi connectivity index (χ0) is 20.3. The van der Waals surface area contributed by atoms with Crippen LogP contribution >= 0.6 is 0 Å². The van der Waals surface area contributed by atoms with Crippen molar-refractivity contribution in [1.29, 1.82) is 0 Å². The first-order chi connectivity index (χ1) is 12.8. The molecule has 0 aromatic carbocycles. The molecule has 156 valence electrons. The van der Waals surface area contributed by atoms with Gasteiger partial charge in [0.1, 0.15) is 5.78 Å². The van der Waals surface area contributed by atoms with Crippen LogP contribution < -0.4 is 0 Å². The van der Waals surface area contributed by atoms with Gasteiger partial charge in [0.15, 0.2) is 0 Å². The van der Waals surface area contributed by atoms with E-state index in [0.717, 1.165) is 44.9 Å². The summed E-state index contributed by atoms with van der Waals surface area (Å²) < 4.78 is 0. The monoisotopic (exact) mass is 382 g/mol. The lowest BCUT2D eigenvalue weighted by atomic mass is 9.87. The van der Waals surface area contributed by atoms with Crippen molar-refractivity contribution in [2.24, 2.45) is 11.8 Å². The van der Waals surface area contributed by atoms with Crippen LogP contribution in [0.25, 0.3) is 0 Å². The summed E-state index contributed by atoms with van der Waals surface area (Å²) >= 11 is 0. The third-order valence-electron chi connectivity index (χ3n) is 5.60. The molecule has 1 fully saturated rings. The smallest absolute Gasteiger partial charge is 0.303 e. The van der Waals surface area contributed by atoms with Crippen molar-refractivity contribution in [1.82, 2.24) is 0 Å². The molecule has 1 unspecified atom stereocenters. The van der Waals surface area contributed by atoms with Gasteiger partial charge in [0, 0.05) is 24.7 Å². The van der Waals surface area contributed by atoms with Crippen LogP contribution in [0.15, 0.2) is 12.2 Å². The van der Waals surface area contributed by atoms with E-state index in [4.69, 9.17) is 5.11 Å². The first-order valence-electron chi connectivity index (χ1n) is 10.6. The maximum Gasteiger partial charge on any atom is 0.303 e. The molecule has 0 aromatic rings.